The Morgan fingerprint density at radius 3 is 2.71 bits per heavy atom. The minimum atomic E-state index is -0.594. The predicted octanol–water partition coefficient (Wildman–Crippen LogP) is 2.49. The minimum Gasteiger partial charge on any atom is -0.489 e. The number of piperidine rings is 1. The molecule has 1 saturated heterocycles. The lowest BCUT2D eigenvalue weighted by atomic mass is 9.81. The number of benzene rings is 1. The second kappa shape index (κ2) is 9.66. The van der Waals surface area contributed by atoms with Crippen LogP contribution in [0.5, 0.6) is 5.75 Å². The van der Waals surface area contributed by atoms with Gasteiger partial charge in [-0.3, -0.25) is 24.6 Å². The van der Waals surface area contributed by atoms with Gasteiger partial charge in [-0.1, -0.05) is 6.92 Å². The Morgan fingerprint density at radius 2 is 1.97 bits per heavy atom. The number of amides is 3. The molecule has 3 amide bonds. The molecule has 0 spiro atoms. The molecule has 0 bridgehead atoms. The van der Waals surface area contributed by atoms with E-state index in [0.717, 1.165) is 56.5 Å². The van der Waals surface area contributed by atoms with Gasteiger partial charge in [0.15, 0.2) is 0 Å². The van der Waals surface area contributed by atoms with E-state index in [1.54, 1.807) is 12.0 Å². The summed E-state index contributed by atoms with van der Waals surface area (Å²) in [5.41, 5.74) is 1.50. The van der Waals surface area contributed by atoms with Gasteiger partial charge in [0.25, 0.3) is 5.91 Å². The largest absolute Gasteiger partial charge is 0.489 e. The van der Waals surface area contributed by atoms with Crippen LogP contribution in [0.15, 0.2) is 18.2 Å². The summed E-state index contributed by atoms with van der Waals surface area (Å²) < 4.78 is 12.0. The fourth-order valence-corrected chi connectivity index (χ4v) is 6.11. The average molecular weight is 470 g/mol. The van der Waals surface area contributed by atoms with Crippen LogP contribution in [0.3, 0.4) is 0 Å². The number of nitrogens with zero attached hydrogens (tertiary/aromatic N) is 2. The van der Waals surface area contributed by atoms with E-state index in [9.17, 15) is 14.4 Å². The number of rotatable bonds is 8. The summed E-state index contributed by atoms with van der Waals surface area (Å²) in [7, 11) is 1.80. The third-order valence-corrected chi connectivity index (χ3v) is 8.09. The molecule has 2 heterocycles. The van der Waals surface area contributed by atoms with Gasteiger partial charge in [-0.2, -0.15) is 0 Å². The Balaban J connectivity index is 1.23. The number of carbonyl (C=O) groups excluding carboxylic acids is 3. The van der Waals surface area contributed by atoms with Crippen LogP contribution in [0.2, 0.25) is 0 Å². The zero-order chi connectivity index (χ0) is 23.8. The van der Waals surface area contributed by atoms with Crippen molar-refractivity contribution in [1.29, 1.82) is 0 Å². The van der Waals surface area contributed by atoms with Crippen LogP contribution in [0.25, 0.3) is 0 Å². The number of likely N-dealkylation sites (N-methyl/N-ethyl adjacent to an activating group) is 1. The molecule has 1 N–H and O–H groups in total. The molecule has 1 unspecified atom stereocenters. The SMILES string of the molecule is CCN(C[C@H]1C[C@H](OC)C1)[C@@H]1CCC[C@@H]1Oc1ccc2c(c1)CN(C1CCC(=O)NC1=O)C2=O. The first-order valence-corrected chi connectivity index (χ1v) is 12.7. The highest BCUT2D eigenvalue weighted by atomic mass is 16.5. The minimum absolute atomic E-state index is 0.139. The van der Waals surface area contributed by atoms with E-state index in [-0.39, 0.29) is 30.2 Å². The molecule has 34 heavy (non-hydrogen) atoms. The molecule has 1 aromatic carbocycles. The average Bonchev–Trinajstić information content (AvgIpc) is 3.37. The number of ether oxygens (including phenoxy) is 2. The molecule has 2 aliphatic heterocycles. The molecule has 0 aromatic heterocycles. The van der Waals surface area contributed by atoms with Gasteiger partial charge in [0.05, 0.1) is 6.10 Å². The third kappa shape index (κ3) is 4.45. The van der Waals surface area contributed by atoms with Crippen LogP contribution in [0, 0.1) is 5.92 Å². The number of methoxy groups -OCH3 is 1. The summed E-state index contributed by atoms with van der Waals surface area (Å²) in [6.45, 7) is 4.71. The third-order valence-electron chi connectivity index (χ3n) is 8.09. The van der Waals surface area contributed by atoms with Gasteiger partial charge in [0.1, 0.15) is 17.9 Å². The molecule has 2 aliphatic carbocycles. The molecule has 5 rings (SSSR count). The summed E-state index contributed by atoms with van der Waals surface area (Å²) in [6, 6.07) is 5.47. The molecule has 8 heteroatoms. The van der Waals surface area contributed by atoms with E-state index in [1.807, 2.05) is 18.2 Å². The highest BCUT2D eigenvalue weighted by Crippen LogP contribution is 2.35. The Kier molecular flexibility index (Phi) is 6.62. The monoisotopic (exact) mass is 469 g/mol. The van der Waals surface area contributed by atoms with Crippen molar-refractivity contribution in [2.24, 2.45) is 5.92 Å². The van der Waals surface area contributed by atoms with Crippen LogP contribution in [0.1, 0.15) is 67.8 Å². The Morgan fingerprint density at radius 1 is 1.15 bits per heavy atom. The standard InChI is InChI=1S/C26H35N3O5/c1-3-28(14-16-11-19(12-16)33-2)21-5-4-6-23(21)34-18-7-8-20-17(13-18)15-29(26(20)32)22-9-10-24(30)27-25(22)31/h7-8,13,16,19,21-23H,3-6,9-12,14-15H2,1-2H3,(H,27,30,31)/t16-,19-,21-,22?,23+/m1/s1. The van der Waals surface area contributed by atoms with Gasteiger partial charge in [0.2, 0.25) is 11.8 Å². The maximum absolute atomic E-state index is 12.9. The Hall–Kier alpha value is -2.45. The molecule has 2 saturated carbocycles. The van der Waals surface area contributed by atoms with Crippen LogP contribution in [0.4, 0.5) is 0 Å². The van der Waals surface area contributed by atoms with E-state index in [4.69, 9.17) is 9.47 Å². The van der Waals surface area contributed by atoms with E-state index in [2.05, 4.69) is 17.1 Å². The number of nitrogens with one attached hydrogen (secondary N) is 1. The van der Waals surface area contributed by atoms with Gasteiger partial charge >= 0.3 is 0 Å². The molecule has 1 aromatic rings. The Labute approximate surface area is 200 Å². The first kappa shape index (κ1) is 23.3. The van der Waals surface area contributed by atoms with Crippen LogP contribution < -0.4 is 10.1 Å². The molecular formula is C26H35N3O5. The number of hydrogen-bond acceptors (Lipinski definition) is 6. The normalized spacial score (nSPS) is 31.0. The van der Waals surface area contributed by atoms with Crippen molar-refractivity contribution in [3.63, 3.8) is 0 Å². The first-order chi connectivity index (χ1) is 16.5. The van der Waals surface area contributed by atoms with E-state index in [1.165, 1.54) is 0 Å². The Bertz CT molecular complexity index is 960. The van der Waals surface area contributed by atoms with Gasteiger partial charge in [-0.15, -0.1) is 0 Å². The number of imide groups is 1. The van der Waals surface area contributed by atoms with Gasteiger partial charge in [-0.25, -0.2) is 0 Å². The summed E-state index contributed by atoms with van der Waals surface area (Å²) in [4.78, 5) is 40.9. The summed E-state index contributed by atoms with van der Waals surface area (Å²) in [5, 5.41) is 2.35. The molecule has 4 aliphatic rings. The van der Waals surface area contributed by atoms with E-state index < -0.39 is 6.04 Å². The summed E-state index contributed by atoms with van der Waals surface area (Å²) in [5.74, 6) is 0.680. The van der Waals surface area contributed by atoms with E-state index in [0.29, 0.717) is 36.6 Å². The van der Waals surface area contributed by atoms with Crippen molar-refractivity contribution in [2.75, 3.05) is 20.2 Å². The molecule has 0 radical (unpaired) electrons. The number of hydrogen-bond donors (Lipinski definition) is 1. The lowest BCUT2D eigenvalue weighted by molar-refractivity contribution is -0.136. The van der Waals surface area contributed by atoms with Crippen molar-refractivity contribution in [3.05, 3.63) is 29.3 Å². The molecular weight excluding hydrogens is 434 g/mol. The van der Waals surface area contributed by atoms with Gasteiger partial charge in [0, 0.05) is 38.2 Å². The fourth-order valence-electron chi connectivity index (χ4n) is 6.11. The lowest BCUT2D eigenvalue weighted by Crippen LogP contribution is -2.52. The van der Waals surface area contributed by atoms with Crippen molar-refractivity contribution in [2.45, 2.75) is 82.7 Å². The first-order valence-electron chi connectivity index (χ1n) is 12.7. The quantitative estimate of drug-likeness (QED) is 0.589. The van der Waals surface area contributed by atoms with Crippen molar-refractivity contribution < 1.29 is 23.9 Å². The highest BCUT2D eigenvalue weighted by molar-refractivity contribution is 6.05. The molecule has 184 valence electrons. The lowest BCUT2D eigenvalue weighted by Gasteiger charge is -2.40. The zero-order valence-electron chi connectivity index (χ0n) is 20.1. The maximum Gasteiger partial charge on any atom is 0.255 e. The second-order valence-electron chi connectivity index (χ2n) is 10.2. The predicted molar refractivity (Wildman–Crippen MR) is 125 cm³/mol. The number of carbonyl (C=O) groups is 3. The topological polar surface area (TPSA) is 88.2 Å². The molecule has 3 atom stereocenters. The molecule has 3 fully saturated rings. The second-order valence-corrected chi connectivity index (χ2v) is 10.2. The highest BCUT2D eigenvalue weighted by Gasteiger charge is 2.40. The van der Waals surface area contributed by atoms with Crippen molar-refractivity contribution in [1.82, 2.24) is 15.1 Å². The van der Waals surface area contributed by atoms with Crippen LogP contribution in [-0.2, 0) is 20.9 Å². The summed E-state index contributed by atoms with van der Waals surface area (Å²) in [6.07, 6.45) is 6.82. The van der Waals surface area contributed by atoms with Gasteiger partial charge in [-0.05, 0) is 74.8 Å². The molecule has 8 nitrogen and oxygen atoms in total. The zero-order valence-corrected chi connectivity index (χ0v) is 20.1. The van der Waals surface area contributed by atoms with E-state index >= 15 is 0 Å². The smallest absolute Gasteiger partial charge is 0.255 e. The van der Waals surface area contributed by atoms with Crippen LogP contribution >= 0.6 is 0 Å². The van der Waals surface area contributed by atoms with Crippen molar-refractivity contribution in [3.8, 4) is 5.75 Å². The number of fused-ring (bicyclic) bond motifs is 1. The van der Waals surface area contributed by atoms with Crippen molar-refractivity contribution >= 4 is 17.7 Å². The fraction of sp³-hybridized carbons (Fsp3) is 0.654. The maximum atomic E-state index is 12.9. The van der Waals surface area contributed by atoms with Crippen LogP contribution in [-0.4, -0.2) is 72.0 Å². The summed E-state index contributed by atoms with van der Waals surface area (Å²) >= 11 is 0. The van der Waals surface area contributed by atoms with Gasteiger partial charge < -0.3 is 14.4 Å².